The number of nitrogens with zero attached hydrogens (tertiary/aromatic N) is 2. The molecule has 0 saturated carbocycles. The third-order valence-electron chi connectivity index (χ3n) is 1.61. The summed E-state index contributed by atoms with van der Waals surface area (Å²) in [5.74, 6) is -3.48. The van der Waals surface area contributed by atoms with Crippen LogP contribution in [0, 0.1) is 17.5 Å². The van der Waals surface area contributed by atoms with Gasteiger partial charge in [0.25, 0.3) is 0 Å². The Morgan fingerprint density at radius 3 is 2.36 bits per heavy atom. The predicted octanol–water partition coefficient (Wildman–Crippen LogP) is 2.15. The number of hydrogen-bond donors (Lipinski definition) is 0. The van der Waals surface area contributed by atoms with Crippen molar-refractivity contribution in [2.75, 3.05) is 0 Å². The molecule has 0 bridgehead atoms. The van der Waals surface area contributed by atoms with Crippen LogP contribution in [0.2, 0.25) is 0 Å². The van der Waals surface area contributed by atoms with Crippen molar-refractivity contribution in [1.82, 2.24) is 10.1 Å². The SMILES string of the molecule is Fc1cc(F)c(-c2ncon2)cc1F. The standard InChI is InChI=1S/C8H3F3N2O/c9-5-2-7(11)6(10)1-4(5)8-12-3-14-13-8/h1-3H. The van der Waals surface area contributed by atoms with Crippen molar-refractivity contribution in [2.45, 2.75) is 0 Å². The zero-order chi connectivity index (χ0) is 10.1. The lowest BCUT2D eigenvalue weighted by Gasteiger charge is -1.98. The zero-order valence-corrected chi connectivity index (χ0v) is 6.67. The van der Waals surface area contributed by atoms with Gasteiger partial charge >= 0.3 is 0 Å². The van der Waals surface area contributed by atoms with Crippen LogP contribution in [-0.2, 0) is 0 Å². The molecule has 2 rings (SSSR count). The van der Waals surface area contributed by atoms with Gasteiger partial charge in [-0.25, -0.2) is 13.2 Å². The van der Waals surface area contributed by atoms with Crippen LogP contribution >= 0.6 is 0 Å². The Morgan fingerprint density at radius 1 is 1.00 bits per heavy atom. The van der Waals surface area contributed by atoms with Crippen molar-refractivity contribution >= 4 is 0 Å². The summed E-state index contributed by atoms with van der Waals surface area (Å²) in [7, 11) is 0. The van der Waals surface area contributed by atoms with Gasteiger partial charge in [-0.05, 0) is 6.07 Å². The molecule has 2 aromatic rings. The molecule has 0 aliphatic rings. The normalized spacial score (nSPS) is 10.5. The van der Waals surface area contributed by atoms with Crippen molar-refractivity contribution in [2.24, 2.45) is 0 Å². The topological polar surface area (TPSA) is 38.9 Å². The Bertz CT molecular complexity index is 456. The van der Waals surface area contributed by atoms with Crippen LogP contribution < -0.4 is 0 Å². The Hall–Kier alpha value is -1.85. The first-order valence-electron chi connectivity index (χ1n) is 3.60. The summed E-state index contributed by atoms with van der Waals surface area (Å²) in [6, 6.07) is 1.11. The Labute approximate surface area is 76.2 Å². The average molecular weight is 200 g/mol. The van der Waals surface area contributed by atoms with Gasteiger partial charge in [0.1, 0.15) is 5.82 Å². The Kier molecular flexibility index (Phi) is 1.95. The van der Waals surface area contributed by atoms with Gasteiger partial charge in [-0.1, -0.05) is 5.16 Å². The summed E-state index contributed by atoms with van der Waals surface area (Å²) < 4.78 is 42.7. The molecule has 0 spiro atoms. The minimum atomic E-state index is -1.25. The zero-order valence-electron chi connectivity index (χ0n) is 6.67. The Morgan fingerprint density at radius 2 is 1.71 bits per heavy atom. The smallest absolute Gasteiger partial charge is 0.214 e. The fraction of sp³-hybridized carbons (Fsp3) is 0. The molecule has 6 heteroatoms. The fourth-order valence-electron chi connectivity index (χ4n) is 0.983. The molecular formula is C8H3F3N2O. The summed E-state index contributed by atoms with van der Waals surface area (Å²) in [5, 5.41) is 3.30. The molecule has 0 fully saturated rings. The maximum Gasteiger partial charge on any atom is 0.214 e. The molecule has 14 heavy (non-hydrogen) atoms. The van der Waals surface area contributed by atoms with Gasteiger partial charge in [-0.15, -0.1) is 0 Å². The highest BCUT2D eigenvalue weighted by Gasteiger charge is 2.14. The number of halogens is 3. The van der Waals surface area contributed by atoms with E-state index in [4.69, 9.17) is 0 Å². The van der Waals surface area contributed by atoms with Crippen molar-refractivity contribution in [3.8, 4) is 11.4 Å². The minimum absolute atomic E-state index is 0.124. The van der Waals surface area contributed by atoms with Crippen molar-refractivity contribution < 1.29 is 17.7 Å². The first kappa shape index (κ1) is 8.74. The maximum absolute atomic E-state index is 13.1. The van der Waals surface area contributed by atoms with E-state index >= 15 is 0 Å². The molecule has 0 radical (unpaired) electrons. The number of benzene rings is 1. The molecule has 0 atom stereocenters. The highest BCUT2D eigenvalue weighted by Crippen LogP contribution is 2.21. The monoisotopic (exact) mass is 200 g/mol. The van der Waals surface area contributed by atoms with E-state index in [9.17, 15) is 13.2 Å². The van der Waals surface area contributed by atoms with Crippen molar-refractivity contribution in [1.29, 1.82) is 0 Å². The quantitative estimate of drug-likeness (QED) is 0.662. The third-order valence-corrected chi connectivity index (χ3v) is 1.61. The summed E-state index contributed by atoms with van der Waals surface area (Å²) in [5.41, 5.74) is -0.238. The number of rotatable bonds is 1. The Balaban J connectivity index is 2.60. The van der Waals surface area contributed by atoms with E-state index in [1.54, 1.807) is 0 Å². The molecule has 0 amide bonds. The lowest BCUT2D eigenvalue weighted by atomic mass is 10.2. The number of hydrogen-bond acceptors (Lipinski definition) is 3. The highest BCUT2D eigenvalue weighted by atomic mass is 19.2. The van der Waals surface area contributed by atoms with Gasteiger partial charge in [-0.3, -0.25) is 0 Å². The fourth-order valence-corrected chi connectivity index (χ4v) is 0.983. The second-order valence-electron chi connectivity index (χ2n) is 2.50. The van der Waals surface area contributed by atoms with Gasteiger partial charge in [0.2, 0.25) is 12.2 Å². The molecule has 0 saturated heterocycles. The molecule has 3 nitrogen and oxygen atoms in total. The number of aromatic nitrogens is 2. The van der Waals surface area contributed by atoms with E-state index in [1.807, 2.05) is 0 Å². The minimum Gasteiger partial charge on any atom is -0.342 e. The summed E-state index contributed by atoms with van der Waals surface area (Å²) in [6.45, 7) is 0. The van der Waals surface area contributed by atoms with Crippen LogP contribution in [0.15, 0.2) is 23.0 Å². The lowest BCUT2D eigenvalue weighted by molar-refractivity contribution is 0.418. The van der Waals surface area contributed by atoms with E-state index in [0.717, 1.165) is 6.39 Å². The molecule has 0 aliphatic carbocycles. The molecule has 0 aliphatic heterocycles. The van der Waals surface area contributed by atoms with E-state index in [0.29, 0.717) is 12.1 Å². The van der Waals surface area contributed by atoms with Crippen LogP contribution in [0.25, 0.3) is 11.4 Å². The van der Waals surface area contributed by atoms with Crippen LogP contribution in [0.5, 0.6) is 0 Å². The second-order valence-corrected chi connectivity index (χ2v) is 2.50. The second kappa shape index (κ2) is 3.13. The lowest BCUT2D eigenvalue weighted by Crippen LogP contribution is -1.92. The predicted molar refractivity (Wildman–Crippen MR) is 39.6 cm³/mol. The van der Waals surface area contributed by atoms with Crippen LogP contribution in [-0.4, -0.2) is 10.1 Å². The highest BCUT2D eigenvalue weighted by molar-refractivity contribution is 5.54. The van der Waals surface area contributed by atoms with E-state index < -0.39 is 17.5 Å². The average Bonchev–Trinajstić information content (AvgIpc) is 2.64. The maximum atomic E-state index is 13.1. The van der Waals surface area contributed by atoms with E-state index in [2.05, 4.69) is 14.7 Å². The first-order valence-corrected chi connectivity index (χ1v) is 3.60. The molecule has 1 heterocycles. The van der Waals surface area contributed by atoms with Gasteiger partial charge in [0.05, 0.1) is 5.56 Å². The van der Waals surface area contributed by atoms with Gasteiger partial charge in [0.15, 0.2) is 11.6 Å². The first-order chi connectivity index (χ1) is 6.68. The largest absolute Gasteiger partial charge is 0.342 e. The molecule has 72 valence electrons. The van der Waals surface area contributed by atoms with Crippen molar-refractivity contribution in [3.63, 3.8) is 0 Å². The van der Waals surface area contributed by atoms with E-state index in [-0.39, 0.29) is 11.4 Å². The van der Waals surface area contributed by atoms with E-state index in [1.165, 1.54) is 0 Å². The van der Waals surface area contributed by atoms with Crippen LogP contribution in [0.4, 0.5) is 13.2 Å². The van der Waals surface area contributed by atoms with Gasteiger partial charge in [0, 0.05) is 6.07 Å². The molecule has 0 N–H and O–H groups in total. The third kappa shape index (κ3) is 1.34. The van der Waals surface area contributed by atoms with Gasteiger partial charge in [-0.2, -0.15) is 4.98 Å². The molecule has 1 aromatic heterocycles. The van der Waals surface area contributed by atoms with Gasteiger partial charge < -0.3 is 4.52 Å². The summed E-state index contributed by atoms with van der Waals surface area (Å²) in [6.07, 6.45) is 0.968. The van der Waals surface area contributed by atoms with Crippen LogP contribution in [0.1, 0.15) is 0 Å². The molecule has 0 unspecified atom stereocenters. The molecule has 1 aromatic carbocycles. The van der Waals surface area contributed by atoms with Crippen molar-refractivity contribution in [3.05, 3.63) is 36.0 Å². The summed E-state index contributed by atoms with van der Waals surface area (Å²) in [4.78, 5) is 3.51. The van der Waals surface area contributed by atoms with Crippen LogP contribution in [0.3, 0.4) is 0 Å². The molecular weight excluding hydrogens is 197 g/mol. The summed E-state index contributed by atoms with van der Waals surface area (Å²) >= 11 is 0.